The number of rotatable bonds is 3. The molecule has 21 heavy (non-hydrogen) atoms. The van der Waals surface area contributed by atoms with E-state index >= 15 is 0 Å². The molecule has 0 aliphatic rings. The number of hydrogen-bond acceptors (Lipinski definition) is 3. The Morgan fingerprint density at radius 3 is 2.43 bits per heavy atom. The molecular formula is C14H14Cl2N2O2S. The monoisotopic (exact) mass is 344 g/mol. The minimum Gasteiger partial charge on any atom is -0.398 e. The number of anilines is 2. The molecule has 0 aliphatic carbocycles. The Hall–Kier alpha value is -1.43. The van der Waals surface area contributed by atoms with Crippen LogP contribution in [0.2, 0.25) is 10.0 Å². The summed E-state index contributed by atoms with van der Waals surface area (Å²) in [5.41, 5.74) is 7.65. The lowest BCUT2D eigenvalue weighted by Gasteiger charge is -2.15. The van der Waals surface area contributed by atoms with Gasteiger partial charge in [-0.3, -0.25) is 4.72 Å². The first-order valence-electron chi connectivity index (χ1n) is 6.06. The van der Waals surface area contributed by atoms with Gasteiger partial charge in [-0.15, -0.1) is 0 Å². The molecule has 3 N–H and O–H groups in total. The van der Waals surface area contributed by atoms with E-state index in [-0.39, 0.29) is 21.3 Å². The predicted molar refractivity (Wildman–Crippen MR) is 87.6 cm³/mol. The van der Waals surface area contributed by atoms with E-state index in [0.29, 0.717) is 10.6 Å². The molecule has 7 heteroatoms. The smallest absolute Gasteiger partial charge is 0.264 e. The first-order chi connectivity index (χ1) is 9.72. The number of halogens is 2. The fraction of sp³-hybridized carbons (Fsp3) is 0.143. The topological polar surface area (TPSA) is 72.2 Å². The number of sulfonamides is 1. The summed E-state index contributed by atoms with van der Waals surface area (Å²) in [5.74, 6) is 0. The Bertz CT molecular complexity index is 805. The second-order valence-electron chi connectivity index (χ2n) is 4.66. The van der Waals surface area contributed by atoms with E-state index < -0.39 is 10.0 Å². The van der Waals surface area contributed by atoms with Gasteiger partial charge < -0.3 is 5.73 Å². The van der Waals surface area contributed by atoms with E-state index in [1.165, 1.54) is 12.1 Å². The second kappa shape index (κ2) is 5.75. The lowest BCUT2D eigenvalue weighted by Crippen LogP contribution is -2.17. The van der Waals surface area contributed by atoms with E-state index in [0.717, 1.165) is 5.56 Å². The lowest BCUT2D eigenvalue weighted by atomic mass is 10.1. The van der Waals surface area contributed by atoms with Crippen LogP contribution in [0.5, 0.6) is 0 Å². The fourth-order valence-corrected chi connectivity index (χ4v) is 3.84. The summed E-state index contributed by atoms with van der Waals surface area (Å²) in [5, 5.41) is 0.637. The van der Waals surface area contributed by atoms with Crippen LogP contribution in [0.3, 0.4) is 0 Å². The Balaban J connectivity index is 2.54. The standard InChI is InChI=1S/C14H14Cl2N2O2S/c1-8-3-6-12(17)14(9(8)2)21(19,20)18-13-7-10(15)4-5-11(13)16/h3-7,18H,17H2,1-2H3. The van der Waals surface area contributed by atoms with Crippen LogP contribution < -0.4 is 10.5 Å². The molecule has 0 unspecified atom stereocenters. The van der Waals surface area contributed by atoms with Crippen molar-refractivity contribution < 1.29 is 8.42 Å². The summed E-state index contributed by atoms with van der Waals surface area (Å²) in [6.45, 7) is 3.53. The maximum atomic E-state index is 12.6. The molecule has 112 valence electrons. The quantitative estimate of drug-likeness (QED) is 0.826. The normalized spacial score (nSPS) is 11.4. The molecule has 0 aromatic heterocycles. The number of nitrogens with one attached hydrogen (secondary N) is 1. The minimum absolute atomic E-state index is 0.0542. The molecule has 0 bridgehead atoms. The maximum absolute atomic E-state index is 12.6. The summed E-state index contributed by atoms with van der Waals surface area (Å²) < 4.78 is 27.6. The molecule has 0 saturated heterocycles. The van der Waals surface area contributed by atoms with Crippen LogP contribution in [0.1, 0.15) is 11.1 Å². The Morgan fingerprint density at radius 2 is 1.76 bits per heavy atom. The van der Waals surface area contributed by atoms with Gasteiger partial charge in [0.15, 0.2) is 0 Å². The predicted octanol–water partition coefficient (Wildman–Crippen LogP) is 3.99. The van der Waals surface area contributed by atoms with Gasteiger partial charge in [-0.05, 0) is 49.2 Å². The average Bonchev–Trinajstić information content (AvgIpc) is 2.38. The summed E-state index contributed by atoms with van der Waals surface area (Å²) in [6.07, 6.45) is 0. The second-order valence-corrected chi connectivity index (χ2v) is 7.12. The summed E-state index contributed by atoms with van der Waals surface area (Å²) in [4.78, 5) is 0.0542. The molecule has 0 aliphatic heterocycles. The maximum Gasteiger partial charge on any atom is 0.264 e. The summed E-state index contributed by atoms with van der Waals surface area (Å²) in [6, 6.07) is 7.89. The van der Waals surface area contributed by atoms with E-state index in [1.54, 1.807) is 25.1 Å². The molecule has 0 heterocycles. The van der Waals surface area contributed by atoms with Crippen LogP contribution in [0.15, 0.2) is 35.2 Å². The number of nitrogens with two attached hydrogens (primary N) is 1. The molecule has 0 saturated carbocycles. The molecule has 0 atom stereocenters. The van der Waals surface area contributed by atoms with Crippen LogP contribution in [0.4, 0.5) is 11.4 Å². The van der Waals surface area contributed by atoms with Crippen molar-refractivity contribution in [2.75, 3.05) is 10.5 Å². The van der Waals surface area contributed by atoms with Gasteiger partial charge in [0.1, 0.15) is 4.90 Å². The molecule has 2 aromatic carbocycles. The summed E-state index contributed by atoms with van der Waals surface area (Å²) in [7, 11) is -3.85. The van der Waals surface area contributed by atoms with Crippen LogP contribution in [0.25, 0.3) is 0 Å². The van der Waals surface area contributed by atoms with Crippen LogP contribution in [0, 0.1) is 13.8 Å². The zero-order valence-electron chi connectivity index (χ0n) is 11.4. The van der Waals surface area contributed by atoms with Crippen LogP contribution in [-0.4, -0.2) is 8.42 Å². The molecule has 0 radical (unpaired) electrons. The molecule has 0 fully saturated rings. The van der Waals surface area contributed by atoms with E-state index in [4.69, 9.17) is 28.9 Å². The Morgan fingerprint density at radius 1 is 1.10 bits per heavy atom. The van der Waals surface area contributed by atoms with Gasteiger partial charge in [-0.2, -0.15) is 0 Å². The summed E-state index contributed by atoms with van der Waals surface area (Å²) >= 11 is 11.8. The number of nitrogen functional groups attached to an aromatic ring is 1. The SMILES string of the molecule is Cc1ccc(N)c(S(=O)(=O)Nc2cc(Cl)ccc2Cl)c1C. The average molecular weight is 345 g/mol. The third kappa shape index (κ3) is 3.26. The highest BCUT2D eigenvalue weighted by Gasteiger charge is 2.22. The molecule has 4 nitrogen and oxygen atoms in total. The fourth-order valence-electron chi connectivity index (χ4n) is 1.94. The van der Waals surface area contributed by atoms with Crippen molar-refractivity contribution in [3.63, 3.8) is 0 Å². The third-order valence-electron chi connectivity index (χ3n) is 3.15. The van der Waals surface area contributed by atoms with Crippen molar-refractivity contribution in [2.45, 2.75) is 18.7 Å². The van der Waals surface area contributed by atoms with Gasteiger partial charge >= 0.3 is 0 Å². The van der Waals surface area contributed by atoms with Crippen LogP contribution >= 0.6 is 23.2 Å². The van der Waals surface area contributed by atoms with Crippen molar-refractivity contribution in [2.24, 2.45) is 0 Å². The minimum atomic E-state index is -3.85. The molecule has 0 amide bonds. The van der Waals surface area contributed by atoms with Gasteiger partial charge in [0, 0.05) is 5.02 Å². The lowest BCUT2D eigenvalue weighted by molar-refractivity contribution is 0.601. The third-order valence-corrected chi connectivity index (χ3v) is 5.28. The van der Waals surface area contributed by atoms with E-state index in [1.807, 2.05) is 6.92 Å². The Labute approximate surface area is 133 Å². The van der Waals surface area contributed by atoms with E-state index in [2.05, 4.69) is 4.72 Å². The van der Waals surface area contributed by atoms with Gasteiger partial charge in [0.05, 0.1) is 16.4 Å². The van der Waals surface area contributed by atoms with Gasteiger partial charge in [0.25, 0.3) is 10.0 Å². The first-order valence-corrected chi connectivity index (χ1v) is 8.30. The zero-order valence-corrected chi connectivity index (χ0v) is 13.8. The molecule has 2 rings (SSSR count). The zero-order chi connectivity index (χ0) is 15.8. The molecule has 0 spiro atoms. The first kappa shape index (κ1) is 15.9. The Kier molecular flexibility index (Phi) is 4.37. The molecular weight excluding hydrogens is 331 g/mol. The van der Waals surface area contributed by atoms with E-state index in [9.17, 15) is 8.42 Å². The van der Waals surface area contributed by atoms with Gasteiger partial charge in [-0.25, -0.2) is 8.42 Å². The largest absolute Gasteiger partial charge is 0.398 e. The number of hydrogen-bond donors (Lipinski definition) is 2. The number of aryl methyl sites for hydroxylation is 1. The van der Waals surface area contributed by atoms with Crippen molar-refractivity contribution in [1.29, 1.82) is 0 Å². The van der Waals surface area contributed by atoms with Crippen molar-refractivity contribution in [1.82, 2.24) is 0 Å². The van der Waals surface area contributed by atoms with Gasteiger partial charge in [0.2, 0.25) is 0 Å². The highest BCUT2D eigenvalue weighted by Crippen LogP contribution is 2.31. The van der Waals surface area contributed by atoms with Crippen molar-refractivity contribution in [3.8, 4) is 0 Å². The number of benzene rings is 2. The highest BCUT2D eigenvalue weighted by atomic mass is 35.5. The van der Waals surface area contributed by atoms with Gasteiger partial charge in [-0.1, -0.05) is 29.3 Å². The van der Waals surface area contributed by atoms with Crippen LogP contribution in [-0.2, 0) is 10.0 Å². The van der Waals surface area contributed by atoms with Crippen molar-refractivity contribution >= 4 is 44.6 Å². The molecule has 2 aromatic rings. The van der Waals surface area contributed by atoms with Crippen molar-refractivity contribution in [3.05, 3.63) is 51.5 Å². The highest BCUT2D eigenvalue weighted by molar-refractivity contribution is 7.93.